The lowest BCUT2D eigenvalue weighted by atomic mass is 10.2. The van der Waals surface area contributed by atoms with E-state index in [1.54, 1.807) is 11.8 Å². The highest BCUT2D eigenvalue weighted by molar-refractivity contribution is 8.03. The quantitative estimate of drug-likeness (QED) is 0.650. The first kappa shape index (κ1) is 19.9. The Hall–Kier alpha value is -0.810. The Morgan fingerprint density at radius 1 is 1.23 bits per heavy atom. The first-order chi connectivity index (χ1) is 12.4. The normalized spacial score (nSPS) is 18.7. The molecule has 1 atom stereocenters. The van der Waals surface area contributed by atoms with Crippen LogP contribution in [0, 0.1) is 0 Å². The molecule has 1 N–H and O–H groups in total. The summed E-state index contributed by atoms with van der Waals surface area (Å²) >= 11 is 10.2. The van der Waals surface area contributed by atoms with Crippen LogP contribution in [-0.4, -0.2) is 47.8 Å². The van der Waals surface area contributed by atoms with Gasteiger partial charge in [-0.05, 0) is 24.1 Å². The Morgan fingerprint density at radius 2 is 1.92 bits per heavy atom. The van der Waals surface area contributed by atoms with Gasteiger partial charge in [0.15, 0.2) is 18.5 Å². The minimum absolute atomic E-state index is 0.0354. The lowest BCUT2D eigenvalue weighted by Gasteiger charge is -2.09. The zero-order chi connectivity index (χ0) is 18.6. The molecule has 1 saturated heterocycles. The van der Waals surface area contributed by atoms with Gasteiger partial charge in [-0.1, -0.05) is 58.6 Å². The van der Waals surface area contributed by atoms with E-state index in [-0.39, 0.29) is 29.2 Å². The molecule has 0 aliphatic carbocycles. The van der Waals surface area contributed by atoms with Crippen molar-refractivity contribution in [1.82, 2.24) is 15.5 Å². The number of nitrogens with zero attached hydrogens (tertiary/aromatic N) is 2. The molecule has 140 valence electrons. The predicted molar refractivity (Wildman–Crippen MR) is 107 cm³/mol. The van der Waals surface area contributed by atoms with Gasteiger partial charge in [0.25, 0.3) is 0 Å². The van der Waals surface area contributed by atoms with Crippen molar-refractivity contribution in [2.75, 3.05) is 17.3 Å². The molecule has 1 aromatic carbocycles. The number of nitrogens with one attached hydrogen (secondary N) is 1. The molecule has 0 spiro atoms. The number of carbonyl (C=O) groups excluding carboxylic acids is 1. The second-order valence-electron chi connectivity index (χ2n) is 5.71. The zero-order valence-corrected chi connectivity index (χ0v) is 17.6. The van der Waals surface area contributed by atoms with E-state index in [4.69, 9.17) is 11.6 Å². The average Bonchev–Trinajstić information content (AvgIpc) is 3.18. The van der Waals surface area contributed by atoms with Crippen LogP contribution in [0.2, 0.25) is 5.02 Å². The van der Waals surface area contributed by atoms with E-state index >= 15 is 0 Å². The zero-order valence-electron chi connectivity index (χ0n) is 13.6. The van der Waals surface area contributed by atoms with Crippen molar-refractivity contribution in [2.45, 2.75) is 26.9 Å². The summed E-state index contributed by atoms with van der Waals surface area (Å²) in [7, 11) is -2.99. The summed E-state index contributed by atoms with van der Waals surface area (Å²) in [5, 5.41) is 11.7. The lowest BCUT2D eigenvalue weighted by molar-refractivity contribution is -0.119. The molecule has 2 aromatic rings. The summed E-state index contributed by atoms with van der Waals surface area (Å²) in [5.41, 5.74) is 1.15. The molecule has 0 radical (unpaired) electrons. The number of rotatable bonds is 7. The van der Waals surface area contributed by atoms with Gasteiger partial charge in [-0.25, -0.2) is 8.42 Å². The molecule has 2 heterocycles. The van der Waals surface area contributed by atoms with Crippen molar-refractivity contribution < 1.29 is 13.2 Å². The summed E-state index contributed by atoms with van der Waals surface area (Å²) in [6.07, 6.45) is 0.489. The monoisotopic (exact) mass is 449 g/mol. The fraction of sp³-hybridized carbons (Fsp3) is 0.400. The second-order valence-corrected chi connectivity index (χ2v) is 11.8. The summed E-state index contributed by atoms with van der Waals surface area (Å²) in [5.74, 6) is 0.978. The van der Waals surface area contributed by atoms with E-state index in [1.165, 1.54) is 23.1 Å². The van der Waals surface area contributed by atoms with Crippen LogP contribution in [0.15, 0.2) is 32.9 Å². The molecular weight excluding hydrogens is 434 g/mol. The number of benzene rings is 1. The minimum atomic E-state index is -2.99. The number of aromatic nitrogens is 2. The topological polar surface area (TPSA) is 89.0 Å². The van der Waals surface area contributed by atoms with Gasteiger partial charge < -0.3 is 5.32 Å². The van der Waals surface area contributed by atoms with Crippen LogP contribution in [0.5, 0.6) is 0 Å². The molecule has 0 bridgehead atoms. The maximum absolute atomic E-state index is 11.9. The Morgan fingerprint density at radius 3 is 2.58 bits per heavy atom. The average molecular weight is 450 g/mol. The standard InChI is InChI=1S/C15H16ClN3O3S4/c16-11-3-1-10(2-4-11)7-23-14-18-19-15(25-14)24-8-13(20)17-12-5-6-26(21,22)9-12/h1-4,12H,5-9H2,(H,17,20)/t12-/m1/s1. The van der Waals surface area contributed by atoms with Crippen LogP contribution in [0.1, 0.15) is 12.0 Å². The molecule has 1 fully saturated rings. The van der Waals surface area contributed by atoms with Gasteiger partial charge in [0.05, 0.1) is 17.3 Å². The number of thioether (sulfide) groups is 2. The third kappa shape index (κ3) is 6.12. The van der Waals surface area contributed by atoms with Crippen LogP contribution < -0.4 is 5.32 Å². The van der Waals surface area contributed by atoms with Gasteiger partial charge in [-0.3, -0.25) is 4.79 Å². The maximum atomic E-state index is 11.9. The van der Waals surface area contributed by atoms with Crippen molar-refractivity contribution in [2.24, 2.45) is 0 Å². The van der Waals surface area contributed by atoms with Gasteiger partial charge in [-0.2, -0.15) is 0 Å². The molecule has 1 aliphatic heterocycles. The Labute approximate surface area is 169 Å². The van der Waals surface area contributed by atoms with Crippen LogP contribution in [0.3, 0.4) is 0 Å². The summed E-state index contributed by atoms with van der Waals surface area (Å²) in [6.45, 7) is 0. The first-order valence-corrected chi connectivity index (χ1v) is 12.7. The van der Waals surface area contributed by atoms with E-state index < -0.39 is 9.84 Å². The van der Waals surface area contributed by atoms with E-state index in [0.717, 1.165) is 20.0 Å². The molecule has 0 saturated carbocycles. The van der Waals surface area contributed by atoms with Crippen molar-refractivity contribution in [1.29, 1.82) is 0 Å². The number of sulfone groups is 1. The molecule has 1 aromatic heterocycles. The Balaban J connectivity index is 1.42. The van der Waals surface area contributed by atoms with Crippen molar-refractivity contribution in [3.63, 3.8) is 0 Å². The minimum Gasteiger partial charge on any atom is -0.352 e. The van der Waals surface area contributed by atoms with Gasteiger partial charge in [0.2, 0.25) is 5.91 Å². The molecule has 6 nitrogen and oxygen atoms in total. The van der Waals surface area contributed by atoms with Crippen LogP contribution in [0.4, 0.5) is 0 Å². The molecule has 26 heavy (non-hydrogen) atoms. The fourth-order valence-corrected chi connectivity index (χ4v) is 6.93. The highest BCUT2D eigenvalue weighted by Crippen LogP contribution is 2.30. The predicted octanol–water partition coefficient (Wildman–Crippen LogP) is 2.88. The molecule has 3 rings (SSSR count). The van der Waals surface area contributed by atoms with E-state index in [0.29, 0.717) is 11.4 Å². The lowest BCUT2D eigenvalue weighted by Crippen LogP contribution is -2.36. The fourth-order valence-electron chi connectivity index (χ4n) is 2.34. The summed E-state index contributed by atoms with van der Waals surface area (Å²) in [6, 6.07) is 7.38. The van der Waals surface area contributed by atoms with Crippen LogP contribution in [-0.2, 0) is 20.4 Å². The molecule has 1 amide bonds. The molecule has 0 unspecified atom stereocenters. The molecule has 1 aliphatic rings. The van der Waals surface area contributed by atoms with Crippen molar-refractivity contribution in [3.8, 4) is 0 Å². The van der Waals surface area contributed by atoms with E-state index in [1.807, 2.05) is 24.3 Å². The largest absolute Gasteiger partial charge is 0.352 e. The number of hydrogen-bond donors (Lipinski definition) is 1. The van der Waals surface area contributed by atoms with Crippen LogP contribution >= 0.6 is 46.5 Å². The summed E-state index contributed by atoms with van der Waals surface area (Å²) < 4.78 is 24.4. The van der Waals surface area contributed by atoms with Gasteiger partial charge in [0, 0.05) is 16.8 Å². The Kier molecular flexibility index (Phi) is 6.84. The smallest absolute Gasteiger partial charge is 0.230 e. The molecule has 11 heteroatoms. The van der Waals surface area contributed by atoms with E-state index in [9.17, 15) is 13.2 Å². The molecular formula is C15H16ClN3O3S4. The third-order valence-electron chi connectivity index (χ3n) is 3.59. The highest BCUT2D eigenvalue weighted by Gasteiger charge is 2.28. The Bertz CT molecular complexity index is 871. The number of carbonyl (C=O) groups is 1. The number of amides is 1. The van der Waals surface area contributed by atoms with Crippen LogP contribution in [0.25, 0.3) is 0 Å². The van der Waals surface area contributed by atoms with Crippen molar-refractivity contribution in [3.05, 3.63) is 34.9 Å². The van der Waals surface area contributed by atoms with Gasteiger partial charge in [-0.15, -0.1) is 10.2 Å². The van der Waals surface area contributed by atoms with Crippen molar-refractivity contribution >= 4 is 62.2 Å². The second kappa shape index (κ2) is 8.92. The van der Waals surface area contributed by atoms with Gasteiger partial charge in [0.1, 0.15) is 0 Å². The maximum Gasteiger partial charge on any atom is 0.230 e. The number of hydrogen-bond acceptors (Lipinski definition) is 8. The van der Waals surface area contributed by atoms with Gasteiger partial charge >= 0.3 is 0 Å². The van der Waals surface area contributed by atoms with E-state index in [2.05, 4.69) is 15.5 Å². The summed E-state index contributed by atoms with van der Waals surface area (Å²) in [4.78, 5) is 11.9. The SMILES string of the molecule is O=C(CSc1nnc(SCc2ccc(Cl)cc2)s1)N[C@@H]1CCS(=O)(=O)C1. The first-order valence-electron chi connectivity index (χ1n) is 7.73. The highest BCUT2D eigenvalue weighted by atomic mass is 35.5. The third-order valence-corrected chi connectivity index (χ3v) is 8.87. The number of halogens is 1.